The molecule has 4 nitrogen and oxygen atoms in total. The van der Waals surface area contributed by atoms with Crippen molar-refractivity contribution in [1.82, 2.24) is 4.90 Å². The van der Waals surface area contributed by atoms with Gasteiger partial charge in [-0.15, -0.1) is 0 Å². The average molecular weight is 390 g/mol. The number of benzene rings is 2. The van der Waals surface area contributed by atoms with Crippen LogP contribution in [0, 0.1) is 0 Å². The lowest BCUT2D eigenvalue weighted by Crippen LogP contribution is -2.48. The number of carbonyl (C=O) groups excluding carboxylic acids is 1. The second-order valence-corrected chi connectivity index (χ2v) is 7.02. The van der Waals surface area contributed by atoms with Crippen LogP contribution in [0.4, 0.5) is 0 Å². The molecular formula is C19H20BrNO3. The molecule has 1 N–H and O–H groups in total. The zero-order valence-electron chi connectivity index (χ0n) is 13.5. The quantitative estimate of drug-likeness (QED) is 0.872. The molecule has 1 fully saturated rings. The van der Waals surface area contributed by atoms with Crippen LogP contribution in [0.15, 0.2) is 53.0 Å². The van der Waals surface area contributed by atoms with E-state index in [1.807, 2.05) is 36.4 Å². The van der Waals surface area contributed by atoms with Gasteiger partial charge in [-0.1, -0.05) is 28.1 Å². The topological polar surface area (TPSA) is 49.8 Å². The fourth-order valence-corrected chi connectivity index (χ4v) is 3.40. The van der Waals surface area contributed by atoms with Crippen molar-refractivity contribution in [2.24, 2.45) is 0 Å². The zero-order chi connectivity index (χ0) is 17.2. The molecule has 0 saturated carbocycles. The molecule has 2 aromatic carbocycles. The standard InChI is InChI=1S/C19H20BrNO3/c1-24-17-5-2-4-15(12-17)19(23)10-3-11-21(13-19)18(22)14-6-8-16(20)9-7-14/h2,4-9,12,23H,3,10-11,13H2,1H3. The van der Waals surface area contributed by atoms with Gasteiger partial charge in [0.05, 0.1) is 13.7 Å². The van der Waals surface area contributed by atoms with E-state index in [0.717, 1.165) is 16.5 Å². The summed E-state index contributed by atoms with van der Waals surface area (Å²) >= 11 is 3.38. The highest BCUT2D eigenvalue weighted by Crippen LogP contribution is 2.33. The van der Waals surface area contributed by atoms with E-state index < -0.39 is 5.60 Å². The van der Waals surface area contributed by atoms with Crippen LogP contribution in [-0.2, 0) is 5.60 Å². The lowest BCUT2D eigenvalue weighted by molar-refractivity contribution is -0.0290. The molecule has 24 heavy (non-hydrogen) atoms. The Bertz CT molecular complexity index is 732. The van der Waals surface area contributed by atoms with Gasteiger partial charge in [0.25, 0.3) is 5.91 Å². The van der Waals surface area contributed by atoms with Crippen molar-refractivity contribution < 1.29 is 14.6 Å². The molecule has 3 rings (SSSR count). The summed E-state index contributed by atoms with van der Waals surface area (Å²) in [6, 6.07) is 14.7. The first-order valence-electron chi connectivity index (χ1n) is 7.93. The van der Waals surface area contributed by atoms with Crippen LogP contribution in [0.25, 0.3) is 0 Å². The maximum atomic E-state index is 12.7. The maximum Gasteiger partial charge on any atom is 0.253 e. The molecule has 2 aromatic rings. The first-order chi connectivity index (χ1) is 11.5. The smallest absolute Gasteiger partial charge is 0.253 e. The highest BCUT2D eigenvalue weighted by Gasteiger charge is 2.37. The molecule has 1 atom stereocenters. The van der Waals surface area contributed by atoms with Gasteiger partial charge in [-0.05, 0) is 54.8 Å². The van der Waals surface area contributed by atoms with Gasteiger partial charge in [-0.3, -0.25) is 4.79 Å². The molecule has 1 amide bonds. The first-order valence-corrected chi connectivity index (χ1v) is 8.73. The number of amides is 1. The van der Waals surface area contributed by atoms with Gasteiger partial charge in [0.1, 0.15) is 11.4 Å². The SMILES string of the molecule is COc1cccc(C2(O)CCCN(C(=O)c3ccc(Br)cc3)C2)c1. The highest BCUT2D eigenvalue weighted by atomic mass is 79.9. The number of ether oxygens (including phenoxy) is 1. The normalized spacial score (nSPS) is 20.7. The molecule has 126 valence electrons. The zero-order valence-corrected chi connectivity index (χ0v) is 15.1. The monoisotopic (exact) mass is 389 g/mol. The number of hydrogen-bond donors (Lipinski definition) is 1. The van der Waals surface area contributed by atoms with Gasteiger partial charge in [-0.25, -0.2) is 0 Å². The summed E-state index contributed by atoms with van der Waals surface area (Å²) in [7, 11) is 1.60. The van der Waals surface area contributed by atoms with E-state index in [2.05, 4.69) is 15.9 Å². The Labute approximate surface area is 150 Å². The number of rotatable bonds is 3. The Kier molecular flexibility index (Phi) is 4.92. The number of likely N-dealkylation sites (tertiary alicyclic amines) is 1. The van der Waals surface area contributed by atoms with E-state index in [9.17, 15) is 9.90 Å². The minimum Gasteiger partial charge on any atom is -0.497 e. The van der Waals surface area contributed by atoms with Gasteiger partial charge in [0, 0.05) is 16.6 Å². The van der Waals surface area contributed by atoms with E-state index in [1.54, 1.807) is 24.1 Å². The van der Waals surface area contributed by atoms with E-state index in [4.69, 9.17) is 4.74 Å². The molecule has 1 heterocycles. The third kappa shape index (κ3) is 3.47. The van der Waals surface area contributed by atoms with Gasteiger partial charge < -0.3 is 14.7 Å². The predicted octanol–water partition coefficient (Wildman–Crippen LogP) is 3.58. The van der Waals surface area contributed by atoms with Crippen LogP contribution in [0.2, 0.25) is 0 Å². The van der Waals surface area contributed by atoms with Crippen LogP contribution in [0.3, 0.4) is 0 Å². The van der Waals surface area contributed by atoms with E-state index in [1.165, 1.54) is 0 Å². The molecule has 0 aliphatic carbocycles. The first kappa shape index (κ1) is 17.0. The number of carbonyl (C=O) groups is 1. The number of methoxy groups -OCH3 is 1. The summed E-state index contributed by atoms with van der Waals surface area (Å²) < 4.78 is 6.19. The van der Waals surface area contributed by atoms with E-state index in [-0.39, 0.29) is 12.5 Å². The Balaban J connectivity index is 1.82. The number of halogens is 1. The highest BCUT2D eigenvalue weighted by molar-refractivity contribution is 9.10. The molecule has 1 aliphatic rings. The molecule has 0 bridgehead atoms. The number of hydrogen-bond acceptors (Lipinski definition) is 3. The molecule has 1 aliphatic heterocycles. The number of piperidine rings is 1. The Hall–Kier alpha value is -1.85. The van der Waals surface area contributed by atoms with Crippen molar-refractivity contribution >= 4 is 21.8 Å². The molecule has 0 radical (unpaired) electrons. The summed E-state index contributed by atoms with van der Waals surface area (Å²) in [4.78, 5) is 14.5. The fourth-order valence-electron chi connectivity index (χ4n) is 3.13. The predicted molar refractivity (Wildman–Crippen MR) is 96.2 cm³/mol. The molecule has 1 saturated heterocycles. The Morgan fingerprint density at radius 2 is 2.00 bits per heavy atom. The molecule has 5 heteroatoms. The van der Waals surface area contributed by atoms with Gasteiger partial charge in [0.2, 0.25) is 0 Å². The number of β-amino-alcohol motifs (C(OH)–C–C–N with tert-alkyl or cyclic N) is 1. The number of aliphatic hydroxyl groups is 1. The second kappa shape index (κ2) is 6.95. The van der Waals surface area contributed by atoms with Crippen molar-refractivity contribution in [2.45, 2.75) is 18.4 Å². The van der Waals surface area contributed by atoms with Crippen molar-refractivity contribution in [2.75, 3.05) is 20.2 Å². The van der Waals surface area contributed by atoms with Crippen LogP contribution in [0.5, 0.6) is 5.75 Å². The summed E-state index contributed by atoms with van der Waals surface area (Å²) in [5.74, 6) is 0.654. The second-order valence-electron chi connectivity index (χ2n) is 6.10. The summed E-state index contributed by atoms with van der Waals surface area (Å²) in [5, 5.41) is 11.1. The third-order valence-corrected chi connectivity index (χ3v) is 4.98. The summed E-state index contributed by atoms with van der Waals surface area (Å²) in [6.07, 6.45) is 1.39. The van der Waals surface area contributed by atoms with E-state index >= 15 is 0 Å². The average Bonchev–Trinajstić information content (AvgIpc) is 2.62. The van der Waals surface area contributed by atoms with Crippen LogP contribution in [-0.4, -0.2) is 36.1 Å². The summed E-state index contributed by atoms with van der Waals surface area (Å²) in [5.41, 5.74) is 0.376. The Morgan fingerprint density at radius 1 is 1.25 bits per heavy atom. The number of nitrogens with zero attached hydrogens (tertiary/aromatic N) is 1. The largest absolute Gasteiger partial charge is 0.497 e. The van der Waals surface area contributed by atoms with Crippen molar-refractivity contribution in [3.05, 3.63) is 64.1 Å². The molecule has 0 spiro atoms. The third-order valence-electron chi connectivity index (χ3n) is 4.46. The molecule has 0 aromatic heterocycles. The molecule has 1 unspecified atom stereocenters. The Morgan fingerprint density at radius 3 is 2.71 bits per heavy atom. The molecular weight excluding hydrogens is 370 g/mol. The lowest BCUT2D eigenvalue weighted by Gasteiger charge is -2.39. The lowest BCUT2D eigenvalue weighted by atomic mass is 9.85. The minimum atomic E-state index is -1.04. The summed E-state index contributed by atoms with van der Waals surface area (Å²) in [6.45, 7) is 0.941. The fraction of sp³-hybridized carbons (Fsp3) is 0.316. The van der Waals surface area contributed by atoms with E-state index in [0.29, 0.717) is 24.3 Å². The van der Waals surface area contributed by atoms with Crippen LogP contribution in [0.1, 0.15) is 28.8 Å². The van der Waals surface area contributed by atoms with Crippen LogP contribution < -0.4 is 4.74 Å². The van der Waals surface area contributed by atoms with Crippen LogP contribution >= 0.6 is 15.9 Å². The maximum absolute atomic E-state index is 12.7. The van der Waals surface area contributed by atoms with Gasteiger partial charge in [-0.2, -0.15) is 0 Å². The van der Waals surface area contributed by atoms with Crippen molar-refractivity contribution in [1.29, 1.82) is 0 Å². The van der Waals surface area contributed by atoms with Crippen molar-refractivity contribution in [3.63, 3.8) is 0 Å². The van der Waals surface area contributed by atoms with Gasteiger partial charge in [0.15, 0.2) is 0 Å². The van der Waals surface area contributed by atoms with Gasteiger partial charge >= 0.3 is 0 Å². The van der Waals surface area contributed by atoms with Crippen molar-refractivity contribution in [3.8, 4) is 5.75 Å². The minimum absolute atomic E-state index is 0.0523.